The molecule has 3 rings (SSSR count). The lowest BCUT2D eigenvalue weighted by molar-refractivity contribution is 0.0774. The van der Waals surface area contributed by atoms with Crippen LogP contribution in [0.1, 0.15) is 23.2 Å². The summed E-state index contributed by atoms with van der Waals surface area (Å²) in [6, 6.07) is 7.85. The van der Waals surface area contributed by atoms with Gasteiger partial charge < -0.3 is 10.2 Å². The van der Waals surface area contributed by atoms with Crippen molar-refractivity contribution in [3.8, 4) is 0 Å². The molecule has 0 bridgehead atoms. The molecule has 2 aliphatic rings. The van der Waals surface area contributed by atoms with E-state index in [2.05, 4.69) is 27.9 Å². The van der Waals surface area contributed by atoms with E-state index in [1.54, 1.807) is 0 Å². The maximum Gasteiger partial charge on any atom is 0.254 e. The van der Waals surface area contributed by atoms with Crippen molar-refractivity contribution in [3.63, 3.8) is 0 Å². The first-order chi connectivity index (χ1) is 8.70. The molecular formula is C14H18ClIN2O. The summed E-state index contributed by atoms with van der Waals surface area (Å²) in [5, 5.41) is 3.43. The van der Waals surface area contributed by atoms with Gasteiger partial charge in [-0.3, -0.25) is 4.79 Å². The zero-order valence-corrected chi connectivity index (χ0v) is 13.7. The molecule has 0 saturated carbocycles. The van der Waals surface area contributed by atoms with E-state index in [1.165, 1.54) is 6.42 Å². The van der Waals surface area contributed by atoms with Crippen molar-refractivity contribution in [2.75, 3.05) is 26.2 Å². The number of nitrogens with one attached hydrogen (secondary N) is 1. The number of halogens is 2. The van der Waals surface area contributed by atoms with E-state index in [1.807, 2.05) is 29.2 Å². The van der Waals surface area contributed by atoms with Crippen LogP contribution in [0.2, 0.25) is 0 Å². The summed E-state index contributed by atoms with van der Waals surface area (Å²) in [4.78, 5) is 14.5. The van der Waals surface area contributed by atoms with Crippen LogP contribution in [0.5, 0.6) is 0 Å². The Morgan fingerprint density at radius 3 is 2.79 bits per heavy atom. The molecule has 1 atom stereocenters. The third-order valence-electron chi connectivity index (χ3n) is 4.16. The second kappa shape index (κ2) is 5.97. The highest BCUT2D eigenvalue weighted by Gasteiger charge is 2.42. The summed E-state index contributed by atoms with van der Waals surface area (Å²) >= 11 is 2.24. The van der Waals surface area contributed by atoms with E-state index in [-0.39, 0.29) is 18.3 Å². The molecule has 1 amide bonds. The standard InChI is InChI=1S/C14H17IN2O.ClH/c15-12-4-2-1-3-11(12)13(18)17-8-6-14(10-17)5-7-16-9-14;/h1-4,16H,5-10H2;1H. The SMILES string of the molecule is Cl.O=C(c1ccccc1I)N1CCC2(CCNC2)C1. The van der Waals surface area contributed by atoms with Crippen LogP contribution in [0.15, 0.2) is 24.3 Å². The molecule has 1 spiro atoms. The summed E-state index contributed by atoms with van der Waals surface area (Å²) in [6.45, 7) is 4.00. The van der Waals surface area contributed by atoms with E-state index >= 15 is 0 Å². The van der Waals surface area contributed by atoms with Gasteiger partial charge in [0.15, 0.2) is 0 Å². The summed E-state index contributed by atoms with van der Waals surface area (Å²) in [5.41, 5.74) is 1.21. The highest BCUT2D eigenvalue weighted by Crippen LogP contribution is 2.36. The number of rotatable bonds is 1. The number of hydrogen-bond acceptors (Lipinski definition) is 2. The van der Waals surface area contributed by atoms with E-state index < -0.39 is 0 Å². The molecule has 0 radical (unpaired) electrons. The van der Waals surface area contributed by atoms with Crippen LogP contribution in [-0.4, -0.2) is 37.0 Å². The highest BCUT2D eigenvalue weighted by molar-refractivity contribution is 14.1. The average molecular weight is 393 g/mol. The van der Waals surface area contributed by atoms with Crippen LogP contribution in [0.3, 0.4) is 0 Å². The van der Waals surface area contributed by atoms with E-state index in [0.29, 0.717) is 5.41 Å². The first-order valence-corrected chi connectivity index (χ1v) is 7.53. The maximum atomic E-state index is 12.5. The lowest BCUT2D eigenvalue weighted by atomic mass is 9.86. The van der Waals surface area contributed by atoms with Crippen LogP contribution in [0, 0.1) is 8.99 Å². The quantitative estimate of drug-likeness (QED) is 0.745. The molecular weight excluding hydrogens is 375 g/mol. The summed E-state index contributed by atoms with van der Waals surface area (Å²) < 4.78 is 1.05. The van der Waals surface area contributed by atoms with Crippen molar-refractivity contribution < 1.29 is 4.79 Å². The minimum Gasteiger partial charge on any atom is -0.338 e. The van der Waals surface area contributed by atoms with Crippen LogP contribution >= 0.6 is 35.0 Å². The molecule has 2 saturated heterocycles. The Hall–Kier alpha value is -0.330. The molecule has 1 N–H and O–H groups in total. The number of benzene rings is 1. The van der Waals surface area contributed by atoms with Crippen molar-refractivity contribution in [1.29, 1.82) is 0 Å². The summed E-state index contributed by atoms with van der Waals surface area (Å²) in [6.07, 6.45) is 2.36. The van der Waals surface area contributed by atoms with Gasteiger partial charge in [-0.15, -0.1) is 12.4 Å². The molecule has 1 unspecified atom stereocenters. The third-order valence-corrected chi connectivity index (χ3v) is 5.10. The Labute approximate surface area is 133 Å². The first-order valence-electron chi connectivity index (χ1n) is 6.45. The molecule has 1 aromatic rings. The number of hydrogen-bond donors (Lipinski definition) is 1. The van der Waals surface area contributed by atoms with Gasteiger partial charge >= 0.3 is 0 Å². The van der Waals surface area contributed by atoms with Gasteiger partial charge in [0.05, 0.1) is 5.56 Å². The van der Waals surface area contributed by atoms with Gasteiger partial charge in [-0.1, -0.05) is 12.1 Å². The monoisotopic (exact) mass is 392 g/mol. The zero-order chi connectivity index (χ0) is 12.6. The fraction of sp³-hybridized carbons (Fsp3) is 0.500. The largest absolute Gasteiger partial charge is 0.338 e. The van der Waals surface area contributed by atoms with Crippen LogP contribution < -0.4 is 5.32 Å². The van der Waals surface area contributed by atoms with E-state index in [0.717, 1.165) is 41.7 Å². The fourth-order valence-electron chi connectivity index (χ4n) is 3.06. The summed E-state index contributed by atoms with van der Waals surface area (Å²) in [5.74, 6) is 0.198. The van der Waals surface area contributed by atoms with Gasteiger partial charge in [0, 0.05) is 28.6 Å². The predicted molar refractivity (Wildman–Crippen MR) is 86.8 cm³/mol. The minimum atomic E-state index is 0. The van der Waals surface area contributed by atoms with Crippen molar-refractivity contribution in [1.82, 2.24) is 10.2 Å². The second-order valence-corrected chi connectivity index (χ2v) is 6.55. The Balaban J connectivity index is 0.00000133. The first kappa shape index (κ1) is 15.1. The van der Waals surface area contributed by atoms with Gasteiger partial charge in [0.25, 0.3) is 5.91 Å². The minimum absolute atomic E-state index is 0. The van der Waals surface area contributed by atoms with Crippen LogP contribution in [0.25, 0.3) is 0 Å². The smallest absolute Gasteiger partial charge is 0.254 e. The predicted octanol–water partition coefficient (Wildman–Crippen LogP) is 2.54. The van der Waals surface area contributed by atoms with Crippen molar-refractivity contribution in [2.45, 2.75) is 12.8 Å². The Morgan fingerprint density at radius 2 is 2.11 bits per heavy atom. The molecule has 5 heteroatoms. The number of nitrogens with zero attached hydrogens (tertiary/aromatic N) is 1. The number of amides is 1. The zero-order valence-electron chi connectivity index (χ0n) is 10.7. The molecule has 1 aromatic carbocycles. The highest BCUT2D eigenvalue weighted by atomic mass is 127. The molecule has 2 heterocycles. The van der Waals surface area contributed by atoms with Crippen LogP contribution in [-0.2, 0) is 0 Å². The normalized spacial score (nSPS) is 25.6. The maximum absolute atomic E-state index is 12.5. The van der Waals surface area contributed by atoms with Crippen molar-refractivity contribution in [3.05, 3.63) is 33.4 Å². The average Bonchev–Trinajstić information content (AvgIpc) is 3.00. The Bertz CT molecular complexity index is 474. The molecule has 2 aliphatic heterocycles. The van der Waals surface area contributed by atoms with Crippen LogP contribution in [0.4, 0.5) is 0 Å². The second-order valence-electron chi connectivity index (χ2n) is 5.38. The molecule has 0 aromatic heterocycles. The number of carbonyl (C=O) groups excluding carboxylic acids is 1. The van der Waals surface area contributed by atoms with Gasteiger partial charge in [0.1, 0.15) is 0 Å². The van der Waals surface area contributed by atoms with Gasteiger partial charge in [-0.2, -0.15) is 0 Å². The molecule has 3 nitrogen and oxygen atoms in total. The molecule has 104 valence electrons. The topological polar surface area (TPSA) is 32.3 Å². The summed E-state index contributed by atoms with van der Waals surface area (Å²) in [7, 11) is 0. The lowest BCUT2D eigenvalue weighted by Crippen LogP contribution is -2.33. The fourth-order valence-corrected chi connectivity index (χ4v) is 3.68. The lowest BCUT2D eigenvalue weighted by Gasteiger charge is -2.23. The van der Waals surface area contributed by atoms with Gasteiger partial charge in [-0.05, 0) is 54.1 Å². The number of carbonyl (C=O) groups is 1. The third kappa shape index (κ3) is 2.90. The van der Waals surface area contributed by atoms with E-state index in [4.69, 9.17) is 0 Å². The van der Waals surface area contributed by atoms with Gasteiger partial charge in [-0.25, -0.2) is 0 Å². The van der Waals surface area contributed by atoms with Crippen molar-refractivity contribution in [2.24, 2.45) is 5.41 Å². The Kier molecular flexibility index (Phi) is 4.74. The Morgan fingerprint density at radius 1 is 1.32 bits per heavy atom. The number of likely N-dealkylation sites (tertiary alicyclic amines) is 1. The molecule has 19 heavy (non-hydrogen) atoms. The van der Waals surface area contributed by atoms with E-state index in [9.17, 15) is 4.79 Å². The molecule has 0 aliphatic carbocycles. The van der Waals surface area contributed by atoms with Gasteiger partial charge in [0.2, 0.25) is 0 Å². The van der Waals surface area contributed by atoms with Crippen molar-refractivity contribution >= 4 is 40.9 Å². The molecule has 2 fully saturated rings.